The van der Waals surface area contributed by atoms with Crippen molar-refractivity contribution in [3.63, 3.8) is 0 Å². The molecule has 7 nitrogen and oxygen atoms in total. The Labute approximate surface area is 100 Å². The molecule has 1 fully saturated rings. The van der Waals surface area contributed by atoms with E-state index in [9.17, 15) is 18.0 Å². The van der Waals surface area contributed by atoms with Gasteiger partial charge in [-0.3, -0.25) is 9.59 Å². The Bertz CT molecular complexity index is 419. The van der Waals surface area contributed by atoms with Crippen LogP contribution < -0.4 is 0 Å². The molecule has 1 saturated heterocycles. The van der Waals surface area contributed by atoms with Gasteiger partial charge < -0.3 is 10.0 Å². The number of sulfonamides is 1. The normalized spacial score (nSPS) is 21.4. The van der Waals surface area contributed by atoms with Gasteiger partial charge in [-0.1, -0.05) is 0 Å². The van der Waals surface area contributed by atoms with Crippen molar-refractivity contribution < 1.29 is 23.1 Å². The van der Waals surface area contributed by atoms with E-state index in [-0.39, 0.29) is 0 Å². The van der Waals surface area contributed by atoms with Gasteiger partial charge in [-0.25, -0.2) is 8.42 Å². The molecule has 1 N–H and O–H groups in total. The van der Waals surface area contributed by atoms with Crippen LogP contribution in [0.15, 0.2) is 0 Å². The lowest BCUT2D eigenvalue weighted by Crippen LogP contribution is -2.47. The Morgan fingerprint density at radius 3 is 2.53 bits per heavy atom. The van der Waals surface area contributed by atoms with E-state index in [2.05, 4.69) is 0 Å². The summed E-state index contributed by atoms with van der Waals surface area (Å²) < 4.78 is 24.0. The van der Waals surface area contributed by atoms with Crippen LogP contribution in [0.2, 0.25) is 0 Å². The number of hydrogen-bond acceptors (Lipinski definition) is 4. The summed E-state index contributed by atoms with van der Waals surface area (Å²) in [6.07, 6.45) is 2.11. The minimum atomic E-state index is -3.42. The van der Waals surface area contributed by atoms with Crippen molar-refractivity contribution in [1.82, 2.24) is 9.21 Å². The molecule has 1 rings (SSSR count). The summed E-state index contributed by atoms with van der Waals surface area (Å²) in [6, 6.07) is -0.755. The first-order valence-corrected chi connectivity index (χ1v) is 7.02. The molecule has 8 heteroatoms. The van der Waals surface area contributed by atoms with Crippen LogP contribution in [-0.4, -0.2) is 67.0 Å². The topological polar surface area (TPSA) is 95.0 Å². The molecule has 0 radical (unpaired) electrons. The van der Waals surface area contributed by atoms with Crippen LogP contribution in [0.4, 0.5) is 0 Å². The second kappa shape index (κ2) is 5.01. The van der Waals surface area contributed by atoms with Gasteiger partial charge in [0.1, 0.15) is 12.6 Å². The van der Waals surface area contributed by atoms with Crippen LogP contribution in [-0.2, 0) is 19.6 Å². The molecule has 0 unspecified atom stereocenters. The van der Waals surface area contributed by atoms with Crippen LogP contribution in [0.1, 0.15) is 12.8 Å². The number of carboxylic acids is 1. The lowest BCUT2D eigenvalue weighted by atomic mass is 10.2. The summed E-state index contributed by atoms with van der Waals surface area (Å²) in [5.41, 5.74) is 0. The molecule has 0 aromatic rings. The van der Waals surface area contributed by atoms with Crippen LogP contribution in [0.25, 0.3) is 0 Å². The molecule has 98 valence electrons. The van der Waals surface area contributed by atoms with Crippen molar-refractivity contribution in [1.29, 1.82) is 0 Å². The SMILES string of the molecule is CN(CC(=O)O)C(=O)[C@@H]1CCCN1S(C)(=O)=O. The number of nitrogens with zero attached hydrogens (tertiary/aromatic N) is 2. The average Bonchev–Trinajstić information content (AvgIpc) is 2.62. The van der Waals surface area contributed by atoms with E-state index in [1.165, 1.54) is 7.05 Å². The van der Waals surface area contributed by atoms with Gasteiger partial charge in [-0.05, 0) is 12.8 Å². The van der Waals surface area contributed by atoms with Crippen molar-refractivity contribution in [3.8, 4) is 0 Å². The molecule has 1 aliphatic heterocycles. The number of amides is 1. The van der Waals surface area contributed by atoms with Gasteiger partial charge in [-0.2, -0.15) is 4.31 Å². The van der Waals surface area contributed by atoms with Crippen LogP contribution in [0.3, 0.4) is 0 Å². The zero-order chi connectivity index (χ0) is 13.2. The first kappa shape index (κ1) is 13.9. The molecule has 1 atom stereocenters. The predicted octanol–water partition coefficient (Wildman–Crippen LogP) is -1.05. The molecular weight excluding hydrogens is 248 g/mol. The highest BCUT2D eigenvalue weighted by molar-refractivity contribution is 7.88. The van der Waals surface area contributed by atoms with Gasteiger partial charge in [0.25, 0.3) is 0 Å². The molecule has 1 amide bonds. The number of likely N-dealkylation sites (N-methyl/N-ethyl adjacent to an activating group) is 1. The molecule has 0 bridgehead atoms. The second-order valence-corrected chi connectivity index (χ2v) is 6.05. The van der Waals surface area contributed by atoms with Gasteiger partial charge in [0.05, 0.1) is 6.26 Å². The molecule has 0 aromatic carbocycles. The first-order chi connectivity index (χ1) is 7.73. The van der Waals surface area contributed by atoms with Gasteiger partial charge in [0, 0.05) is 13.6 Å². The monoisotopic (exact) mass is 264 g/mol. The Kier molecular flexibility index (Phi) is 4.10. The van der Waals surface area contributed by atoms with E-state index in [1.807, 2.05) is 0 Å². The first-order valence-electron chi connectivity index (χ1n) is 5.17. The summed E-state index contributed by atoms with van der Waals surface area (Å²) in [7, 11) is -2.06. The third-order valence-electron chi connectivity index (χ3n) is 2.66. The molecule has 0 aliphatic carbocycles. The lowest BCUT2D eigenvalue weighted by molar-refractivity contribution is -0.144. The van der Waals surface area contributed by atoms with E-state index in [1.54, 1.807) is 0 Å². The zero-order valence-electron chi connectivity index (χ0n) is 9.79. The Morgan fingerprint density at radius 2 is 2.06 bits per heavy atom. The van der Waals surface area contributed by atoms with Crippen molar-refractivity contribution in [3.05, 3.63) is 0 Å². The minimum Gasteiger partial charge on any atom is -0.480 e. The fourth-order valence-electron chi connectivity index (χ4n) is 1.92. The number of hydrogen-bond donors (Lipinski definition) is 1. The van der Waals surface area contributed by atoms with Crippen LogP contribution in [0, 0.1) is 0 Å². The maximum absolute atomic E-state index is 11.9. The maximum Gasteiger partial charge on any atom is 0.323 e. The minimum absolute atomic E-state index is 0.316. The zero-order valence-corrected chi connectivity index (χ0v) is 10.6. The quantitative estimate of drug-likeness (QED) is 0.699. The van der Waals surface area contributed by atoms with E-state index in [4.69, 9.17) is 5.11 Å². The highest BCUT2D eigenvalue weighted by Gasteiger charge is 2.37. The summed E-state index contributed by atoms with van der Waals surface area (Å²) in [6.45, 7) is -0.108. The summed E-state index contributed by atoms with van der Waals surface area (Å²) in [4.78, 5) is 23.4. The third-order valence-corrected chi connectivity index (χ3v) is 3.95. The van der Waals surface area contributed by atoms with Gasteiger partial charge in [0.2, 0.25) is 15.9 Å². The number of carbonyl (C=O) groups excluding carboxylic acids is 1. The summed E-state index contributed by atoms with van der Waals surface area (Å²) >= 11 is 0. The van der Waals surface area contributed by atoms with Gasteiger partial charge >= 0.3 is 5.97 Å². The van der Waals surface area contributed by atoms with Crippen LogP contribution in [0.5, 0.6) is 0 Å². The largest absolute Gasteiger partial charge is 0.480 e. The van der Waals surface area contributed by atoms with Gasteiger partial charge in [0.15, 0.2) is 0 Å². The van der Waals surface area contributed by atoms with E-state index >= 15 is 0 Å². The highest BCUT2D eigenvalue weighted by Crippen LogP contribution is 2.21. The van der Waals surface area contributed by atoms with E-state index in [0.29, 0.717) is 19.4 Å². The van der Waals surface area contributed by atoms with Crippen molar-refractivity contribution >= 4 is 21.9 Å². The smallest absolute Gasteiger partial charge is 0.323 e. The number of carboxylic acid groups (broad SMARTS) is 1. The van der Waals surface area contributed by atoms with Crippen molar-refractivity contribution in [2.75, 3.05) is 26.4 Å². The van der Waals surface area contributed by atoms with E-state index < -0.39 is 34.5 Å². The summed E-state index contributed by atoms with van der Waals surface area (Å²) in [5, 5.41) is 8.58. The predicted molar refractivity (Wildman–Crippen MR) is 59.8 cm³/mol. The fourth-order valence-corrected chi connectivity index (χ4v) is 3.04. The third kappa shape index (κ3) is 3.40. The second-order valence-electron chi connectivity index (χ2n) is 4.12. The molecule has 0 aromatic heterocycles. The number of rotatable bonds is 4. The molecule has 1 aliphatic rings. The molecule has 0 spiro atoms. The van der Waals surface area contributed by atoms with Crippen LogP contribution >= 0.6 is 0 Å². The number of aliphatic carboxylic acids is 1. The fraction of sp³-hybridized carbons (Fsp3) is 0.778. The van der Waals surface area contributed by atoms with Crippen molar-refractivity contribution in [2.45, 2.75) is 18.9 Å². The van der Waals surface area contributed by atoms with E-state index in [0.717, 1.165) is 15.5 Å². The average molecular weight is 264 g/mol. The Hall–Kier alpha value is -1.15. The molecule has 1 heterocycles. The van der Waals surface area contributed by atoms with Crippen molar-refractivity contribution in [2.24, 2.45) is 0 Å². The molecular formula is C9H16N2O5S. The molecule has 0 saturated carbocycles. The Morgan fingerprint density at radius 1 is 1.47 bits per heavy atom. The Balaban J connectivity index is 2.78. The molecule has 17 heavy (non-hydrogen) atoms. The van der Waals surface area contributed by atoms with Gasteiger partial charge in [-0.15, -0.1) is 0 Å². The summed E-state index contributed by atoms with van der Waals surface area (Å²) in [5.74, 6) is -1.58. The highest BCUT2D eigenvalue weighted by atomic mass is 32.2. The number of carbonyl (C=O) groups is 2. The lowest BCUT2D eigenvalue weighted by Gasteiger charge is -2.25. The standard InChI is InChI=1S/C9H16N2O5S/c1-10(6-8(12)13)9(14)7-4-3-5-11(7)17(2,15)16/h7H,3-6H2,1-2H3,(H,12,13)/t7-/m0/s1. The maximum atomic E-state index is 11.9.